The van der Waals surface area contributed by atoms with E-state index in [1.165, 1.54) is 6.92 Å². The zero-order valence-electron chi connectivity index (χ0n) is 5.95. The van der Waals surface area contributed by atoms with Gasteiger partial charge in [-0.2, -0.15) is 0 Å². The van der Waals surface area contributed by atoms with Crippen LogP contribution in [0.25, 0.3) is 0 Å². The number of rotatable bonds is 0. The van der Waals surface area contributed by atoms with Gasteiger partial charge in [0, 0.05) is 5.57 Å². The maximum atomic E-state index is 12.7. The molecule has 0 aromatic heterocycles. The van der Waals surface area contributed by atoms with Crippen LogP contribution in [0.4, 0.5) is 4.39 Å². The van der Waals surface area contributed by atoms with Crippen molar-refractivity contribution in [3.63, 3.8) is 0 Å². The second-order valence-corrected chi connectivity index (χ2v) is 2.98. The highest BCUT2D eigenvalue weighted by atomic mass is 35.5. The van der Waals surface area contributed by atoms with E-state index in [-0.39, 0.29) is 10.6 Å². The van der Waals surface area contributed by atoms with Crippen LogP contribution in [-0.4, -0.2) is 11.6 Å². The average Bonchev–Trinajstić information content (AvgIpc) is 2.08. The van der Waals surface area contributed by atoms with Crippen molar-refractivity contribution in [2.75, 3.05) is 0 Å². The van der Waals surface area contributed by atoms with Crippen molar-refractivity contribution in [2.24, 2.45) is 0 Å². The highest BCUT2D eigenvalue weighted by molar-refractivity contribution is 6.58. The third-order valence-corrected chi connectivity index (χ3v) is 2.25. The molecule has 0 saturated carbocycles. The fourth-order valence-electron chi connectivity index (χ4n) is 0.730. The number of halogens is 3. The van der Waals surface area contributed by atoms with Crippen LogP contribution in [0.5, 0.6) is 0 Å². The van der Waals surface area contributed by atoms with Crippen LogP contribution in [0, 0.1) is 0 Å². The number of Topliss-reactive ketones (excluding diaryl/α,β-unsaturated/α-hetero) is 2. The maximum Gasteiger partial charge on any atom is 0.220 e. The van der Waals surface area contributed by atoms with Gasteiger partial charge in [-0.1, -0.05) is 23.2 Å². The molecule has 1 rings (SSSR count). The van der Waals surface area contributed by atoms with Crippen molar-refractivity contribution in [1.29, 1.82) is 0 Å². The minimum Gasteiger partial charge on any atom is -0.286 e. The minimum atomic E-state index is -1.23. The molecule has 0 aliphatic heterocycles. The molecule has 1 aliphatic rings. The lowest BCUT2D eigenvalue weighted by Gasteiger charge is -2.09. The van der Waals surface area contributed by atoms with Gasteiger partial charge in [0.05, 0.1) is 5.03 Å². The molecule has 1 aliphatic carbocycles. The Morgan fingerprint density at radius 2 is 1.58 bits per heavy atom. The monoisotopic (exact) mass is 208 g/mol. The largest absolute Gasteiger partial charge is 0.286 e. The predicted octanol–water partition coefficient (Wildman–Crippen LogP) is 2.07. The molecule has 0 fully saturated rings. The fraction of sp³-hybridized carbons (Fsp3) is 0.143. The van der Waals surface area contributed by atoms with E-state index < -0.39 is 22.4 Å². The van der Waals surface area contributed by atoms with E-state index in [1.54, 1.807) is 0 Å². The number of allylic oxidation sites excluding steroid dienone is 4. The van der Waals surface area contributed by atoms with E-state index in [1.807, 2.05) is 0 Å². The molecule has 2 nitrogen and oxygen atoms in total. The molecule has 0 unspecified atom stereocenters. The van der Waals surface area contributed by atoms with Crippen LogP contribution in [0.2, 0.25) is 0 Å². The third-order valence-electron chi connectivity index (χ3n) is 1.46. The molecule has 0 saturated heterocycles. The summed E-state index contributed by atoms with van der Waals surface area (Å²) in [6.07, 6.45) is 0. The summed E-state index contributed by atoms with van der Waals surface area (Å²) < 4.78 is 12.7. The molecule has 0 atom stereocenters. The van der Waals surface area contributed by atoms with Gasteiger partial charge in [-0.15, -0.1) is 0 Å². The lowest BCUT2D eigenvalue weighted by Crippen LogP contribution is -2.16. The van der Waals surface area contributed by atoms with E-state index in [0.29, 0.717) is 0 Å². The quantitative estimate of drug-likeness (QED) is 0.572. The van der Waals surface area contributed by atoms with Crippen LogP contribution in [0.1, 0.15) is 6.92 Å². The molecule has 0 spiro atoms. The summed E-state index contributed by atoms with van der Waals surface area (Å²) in [6, 6.07) is 0. The molecule has 0 amide bonds. The zero-order valence-corrected chi connectivity index (χ0v) is 7.46. The molecule has 0 N–H and O–H groups in total. The Balaban J connectivity index is 3.32. The third kappa shape index (κ3) is 1.19. The summed E-state index contributed by atoms with van der Waals surface area (Å²) in [5.74, 6) is -3.00. The van der Waals surface area contributed by atoms with Crippen molar-refractivity contribution < 1.29 is 14.0 Å². The van der Waals surface area contributed by atoms with Crippen molar-refractivity contribution in [2.45, 2.75) is 6.92 Å². The van der Waals surface area contributed by atoms with Crippen LogP contribution >= 0.6 is 23.2 Å². The van der Waals surface area contributed by atoms with E-state index in [9.17, 15) is 14.0 Å². The molecule has 64 valence electrons. The Kier molecular flexibility index (Phi) is 2.35. The van der Waals surface area contributed by atoms with E-state index >= 15 is 0 Å². The first-order valence-electron chi connectivity index (χ1n) is 2.98. The lowest BCUT2D eigenvalue weighted by atomic mass is 10.0. The number of carbonyl (C=O) groups excluding carboxylic acids is 2. The first-order valence-corrected chi connectivity index (χ1v) is 3.73. The van der Waals surface area contributed by atoms with Crippen molar-refractivity contribution in [3.05, 3.63) is 21.5 Å². The highest BCUT2D eigenvalue weighted by Crippen LogP contribution is 2.29. The van der Waals surface area contributed by atoms with E-state index in [4.69, 9.17) is 23.2 Å². The minimum absolute atomic E-state index is 0.108. The molecule has 5 heteroatoms. The van der Waals surface area contributed by atoms with Gasteiger partial charge >= 0.3 is 0 Å². The number of carbonyl (C=O) groups is 2. The molecule has 0 heterocycles. The highest BCUT2D eigenvalue weighted by Gasteiger charge is 2.30. The average molecular weight is 209 g/mol. The van der Waals surface area contributed by atoms with E-state index in [2.05, 4.69) is 0 Å². The Labute approximate surface area is 77.6 Å². The van der Waals surface area contributed by atoms with Gasteiger partial charge in [-0.05, 0) is 6.92 Å². The number of ketones is 2. The summed E-state index contributed by atoms with van der Waals surface area (Å²) in [6.45, 7) is 1.27. The molecule has 0 bridgehead atoms. The second-order valence-electron chi connectivity index (χ2n) is 2.23. The molecule has 12 heavy (non-hydrogen) atoms. The topological polar surface area (TPSA) is 34.1 Å². The van der Waals surface area contributed by atoms with Gasteiger partial charge in [0.2, 0.25) is 11.6 Å². The summed E-state index contributed by atoms with van der Waals surface area (Å²) >= 11 is 10.6. The van der Waals surface area contributed by atoms with Gasteiger partial charge in [0.25, 0.3) is 0 Å². The second kappa shape index (κ2) is 2.99. The molecular weight excluding hydrogens is 206 g/mol. The smallest absolute Gasteiger partial charge is 0.220 e. The zero-order chi connectivity index (χ0) is 9.46. The first kappa shape index (κ1) is 9.42. The van der Waals surface area contributed by atoms with Crippen LogP contribution in [0.15, 0.2) is 21.5 Å². The Hall–Kier alpha value is -0.670. The molecule has 0 aromatic carbocycles. The lowest BCUT2D eigenvalue weighted by molar-refractivity contribution is -0.116. The maximum absolute atomic E-state index is 12.7. The molecular formula is C7H3Cl2FO2. The van der Waals surface area contributed by atoms with Crippen LogP contribution in [-0.2, 0) is 9.59 Å². The van der Waals surface area contributed by atoms with Gasteiger partial charge in [0.15, 0.2) is 5.83 Å². The Bertz CT molecular complexity index is 279. The van der Waals surface area contributed by atoms with E-state index in [0.717, 1.165) is 0 Å². The summed E-state index contributed by atoms with van der Waals surface area (Å²) in [7, 11) is 0. The Morgan fingerprint density at radius 1 is 1.08 bits per heavy atom. The first-order chi connectivity index (χ1) is 5.46. The molecule has 0 radical (unpaired) electrons. The molecule has 0 aromatic rings. The standard InChI is InChI=1S/C7H3Cl2FO2/c1-2-3(8)7(12)4(9)5(10)6(2)11/h1H3. The Morgan fingerprint density at radius 3 is 2.08 bits per heavy atom. The van der Waals surface area contributed by atoms with Crippen molar-refractivity contribution >= 4 is 34.8 Å². The SMILES string of the molecule is CC1=C(Cl)C(=O)C(Cl)=C(F)C1=O. The van der Waals surface area contributed by atoms with Crippen LogP contribution < -0.4 is 0 Å². The van der Waals surface area contributed by atoms with Crippen molar-refractivity contribution in [1.82, 2.24) is 0 Å². The van der Waals surface area contributed by atoms with Crippen molar-refractivity contribution in [3.8, 4) is 0 Å². The van der Waals surface area contributed by atoms with Crippen LogP contribution in [0.3, 0.4) is 0 Å². The van der Waals surface area contributed by atoms with Gasteiger partial charge in [-0.3, -0.25) is 9.59 Å². The van der Waals surface area contributed by atoms with Gasteiger partial charge in [-0.25, -0.2) is 4.39 Å². The summed E-state index contributed by atoms with van der Waals surface area (Å²) in [5, 5.41) is -1.05. The fourth-order valence-corrected chi connectivity index (χ4v) is 1.14. The number of hydrogen-bond donors (Lipinski definition) is 0. The van der Waals surface area contributed by atoms with Gasteiger partial charge in [0.1, 0.15) is 5.03 Å². The summed E-state index contributed by atoms with van der Waals surface area (Å²) in [4.78, 5) is 21.8. The number of hydrogen-bond acceptors (Lipinski definition) is 2. The predicted molar refractivity (Wildman–Crippen MR) is 42.6 cm³/mol. The van der Waals surface area contributed by atoms with Gasteiger partial charge < -0.3 is 0 Å². The summed E-state index contributed by atoms with van der Waals surface area (Å²) in [5.41, 5.74) is -0.108. The normalized spacial score (nSPS) is 19.3.